The van der Waals surface area contributed by atoms with Gasteiger partial charge in [0.15, 0.2) is 0 Å². The van der Waals surface area contributed by atoms with Crippen molar-refractivity contribution in [2.24, 2.45) is 0 Å². The summed E-state index contributed by atoms with van der Waals surface area (Å²) in [6.07, 6.45) is 1.11. The van der Waals surface area contributed by atoms with Gasteiger partial charge in [-0.05, 0) is 48.2 Å². The van der Waals surface area contributed by atoms with Crippen LogP contribution < -0.4 is 5.32 Å². The summed E-state index contributed by atoms with van der Waals surface area (Å²) >= 11 is 0. The molecule has 0 saturated carbocycles. The van der Waals surface area contributed by atoms with Crippen molar-refractivity contribution in [1.82, 2.24) is 10.2 Å². The Labute approximate surface area is 150 Å². The number of halogens is 2. The molecule has 1 aliphatic rings. The predicted octanol–water partition coefficient (Wildman–Crippen LogP) is 2.99. The van der Waals surface area contributed by atoms with E-state index in [9.17, 15) is 18.4 Å². The number of likely N-dealkylation sites (tertiary alicyclic amines) is 1. The summed E-state index contributed by atoms with van der Waals surface area (Å²) < 4.78 is 27.2. The van der Waals surface area contributed by atoms with E-state index in [2.05, 4.69) is 5.32 Å². The lowest BCUT2D eigenvalue weighted by Crippen LogP contribution is -2.44. The molecule has 1 fully saturated rings. The molecule has 1 saturated heterocycles. The molecule has 0 aromatic heterocycles. The van der Waals surface area contributed by atoms with E-state index >= 15 is 0 Å². The van der Waals surface area contributed by atoms with Crippen LogP contribution in [0.5, 0.6) is 0 Å². The number of likely N-dealkylation sites (N-methyl/N-ethyl adjacent to an activating group) is 1. The molecule has 2 unspecified atom stereocenters. The Kier molecular flexibility index (Phi) is 5.30. The second kappa shape index (κ2) is 7.64. The first kappa shape index (κ1) is 18.0. The molecule has 2 aromatic carbocycles. The average Bonchev–Trinajstić information content (AvgIpc) is 2.93. The van der Waals surface area contributed by atoms with E-state index in [0.29, 0.717) is 30.4 Å². The van der Waals surface area contributed by atoms with Crippen molar-refractivity contribution in [2.75, 3.05) is 7.05 Å². The summed E-state index contributed by atoms with van der Waals surface area (Å²) in [7, 11) is 1.60. The Hall–Kier alpha value is -2.76. The van der Waals surface area contributed by atoms with Gasteiger partial charge in [0, 0.05) is 13.5 Å². The summed E-state index contributed by atoms with van der Waals surface area (Å²) in [6, 6.07) is 11.0. The minimum absolute atomic E-state index is 0.0717. The van der Waals surface area contributed by atoms with Crippen molar-refractivity contribution in [3.8, 4) is 0 Å². The smallest absolute Gasteiger partial charge is 0.243 e. The molecule has 4 nitrogen and oxygen atoms in total. The summed E-state index contributed by atoms with van der Waals surface area (Å²) in [5.41, 5.74) is 1.28. The number of hydrogen-bond donors (Lipinski definition) is 1. The van der Waals surface area contributed by atoms with Crippen LogP contribution in [0.4, 0.5) is 8.78 Å². The zero-order valence-corrected chi connectivity index (χ0v) is 14.4. The summed E-state index contributed by atoms with van der Waals surface area (Å²) in [5, 5.41) is 2.90. The molecule has 0 bridgehead atoms. The third-order valence-electron chi connectivity index (χ3n) is 4.69. The summed E-state index contributed by atoms with van der Waals surface area (Å²) in [4.78, 5) is 25.8. The molecule has 0 spiro atoms. The Balaban J connectivity index is 1.83. The number of carbonyl (C=O) groups excluding carboxylic acids is 2. The fourth-order valence-corrected chi connectivity index (χ4v) is 3.25. The van der Waals surface area contributed by atoms with Crippen LogP contribution in [0, 0.1) is 11.6 Å². The number of amides is 2. The fourth-order valence-electron chi connectivity index (χ4n) is 3.25. The van der Waals surface area contributed by atoms with Gasteiger partial charge in [0.05, 0.1) is 6.04 Å². The molecule has 2 amide bonds. The van der Waals surface area contributed by atoms with E-state index < -0.39 is 17.9 Å². The van der Waals surface area contributed by atoms with E-state index in [1.807, 2.05) is 0 Å². The van der Waals surface area contributed by atoms with Crippen molar-refractivity contribution in [3.63, 3.8) is 0 Å². The van der Waals surface area contributed by atoms with Gasteiger partial charge in [-0.25, -0.2) is 8.78 Å². The third kappa shape index (κ3) is 4.07. The molecule has 1 aliphatic heterocycles. The second-order valence-electron chi connectivity index (χ2n) is 6.51. The predicted molar refractivity (Wildman–Crippen MR) is 93.2 cm³/mol. The number of benzene rings is 2. The lowest BCUT2D eigenvalue weighted by atomic mass is 9.98. The maximum absolute atomic E-state index is 13.7. The molecular formula is C20H20F2N2O2. The maximum atomic E-state index is 13.7. The van der Waals surface area contributed by atoms with Gasteiger partial charge in [-0.1, -0.05) is 24.3 Å². The van der Waals surface area contributed by atoms with Crippen LogP contribution in [-0.4, -0.2) is 29.8 Å². The van der Waals surface area contributed by atoms with Gasteiger partial charge in [-0.3, -0.25) is 9.59 Å². The van der Waals surface area contributed by atoms with Gasteiger partial charge in [-0.15, -0.1) is 0 Å². The van der Waals surface area contributed by atoms with Crippen molar-refractivity contribution in [2.45, 2.75) is 31.3 Å². The van der Waals surface area contributed by atoms with Crippen molar-refractivity contribution < 1.29 is 18.4 Å². The van der Waals surface area contributed by atoms with Crippen molar-refractivity contribution in [1.29, 1.82) is 0 Å². The first-order valence-corrected chi connectivity index (χ1v) is 8.50. The first-order valence-electron chi connectivity index (χ1n) is 8.50. The lowest BCUT2D eigenvalue weighted by molar-refractivity contribution is -0.134. The highest BCUT2D eigenvalue weighted by atomic mass is 19.1. The van der Waals surface area contributed by atoms with Crippen LogP contribution in [0.1, 0.15) is 30.0 Å². The molecule has 1 heterocycles. The van der Waals surface area contributed by atoms with Crippen LogP contribution in [0.2, 0.25) is 0 Å². The van der Waals surface area contributed by atoms with Gasteiger partial charge in [0.25, 0.3) is 0 Å². The molecular weight excluding hydrogens is 338 g/mol. The Morgan fingerprint density at radius 3 is 2.50 bits per heavy atom. The molecule has 0 radical (unpaired) electrons. The van der Waals surface area contributed by atoms with Gasteiger partial charge in [0.1, 0.15) is 17.7 Å². The number of nitrogens with zero attached hydrogens (tertiary/aromatic N) is 1. The molecule has 6 heteroatoms. The van der Waals surface area contributed by atoms with E-state index in [4.69, 9.17) is 0 Å². The number of rotatable bonds is 5. The summed E-state index contributed by atoms with van der Waals surface area (Å²) in [6.45, 7) is 0. The molecule has 2 atom stereocenters. The van der Waals surface area contributed by atoms with E-state index in [1.54, 1.807) is 31.3 Å². The van der Waals surface area contributed by atoms with Crippen LogP contribution in [0.3, 0.4) is 0 Å². The van der Waals surface area contributed by atoms with E-state index in [1.165, 1.54) is 29.2 Å². The number of hydrogen-bond acceptors (Lipinski definition) is 2. The largest absolute Gasteiger partial charge is 0.347 e. The quantitative estimate of drug-likeness (QED) is 0.893. The second-order valence-corrected chi connectivity index (χ2v) is 6.51. The Bertz CT molecular complexity index is 825. The number of carbonyl (C=O) groups is 2. The molecule has 136 valence electrons. The van der Waals surface area contributed by atoms with E-state index in [0.717, 1.165) is 0 Å². The highest BCUT2D eigenvalue weighted by molar-refractivity contribution is 5.90. The first-order chi connectivity index (χ1) is 12.4. The molecule has 1 N–H and O–H groups in total. The fraction of sp³-hybridized carbons (Fsp3) is 0.300. The molecule has 3 rings (SSSR count). The lowest BCUT2D eigenvalue weighted by Gasteiger charge is -2.24. The highest BCUT2D eigenvalue weighted by Gasteiger charge is 2.34. The normalized spacial score (nSPS) is 18.0. The Morgan fingerprint density at radius 1 is 1.19 bits per heavy atom. The van der Waals surface area contributed by atoms with Gasteiger partial charge in [0.2, 0.25) is 11.8 Å². The molecule has 2 aromatic rings. The topological polar surface area (TPSA) is 49.4 Å². The minimum Gasteiger partial charge on any atom is -0.347 e. The maximum Gasteiger partial charge on any atom is 0.243 e. The van der Waals surface area contributed by atoms with Crippen molar-refractivity contribution >= 4 is 11.8 Å². The average molecular weight is 358 g/mol. The molecule has 0 aliphatic carbocycles. The Morgan fingerprint density at radius 2 is 1.88 bits per heavy atom. The standard InChI is InChI=1S/C20H20F2N2O2/c1-24-18(8-9-19(24)25)20(26)23-17(14-5-3-7-16(22)12-14)11-13-4-2-6-15(21)10-13/h2-7,10,12,17-18H,8-9,11H2,1H3,(H,23,26). The SMILES string of the molecule is CN1C(=O)CCC1C(=O)NC(Cc1cccc(F)c1)c1cccc(F)c1. The van der Waals surface area contributed by atoms with Crippen LogP contribution >= 0.6 is 0 Å². The number of nitrogens with one attached hydrogen (secondary N) is 1. The highest BCUT2D eigenvalue weighted by Crippen LogP contribution is 2.22. The van der Waals surface area contributed by atoms with Gasteiger partial charge in [-0.2, -0.15) is 0 Å². The van der Waals surface area contributed by atoms with Crippen LogP contribution in [0.25, 0.3) is 0 Å². The summed E-state index contributed by atoms with van der Waals surface area (Å²) in [5.74, 6) is -1.14. The zero-order valence-electron chi connectivity index (χ0n) is 14.4. The van der Waals surface area contributed by atoms with Crippen LogP contribution in [0.15, 0.2) is 48.5 Å². The monoisotopic (exact) mass is 358 g/mol. The third-order valence-corrected chi connectivity index (χ3v) is 4.69. The molecule has 26 heavy (non-hydrogen) atoms. The van der Waals surface area contributed by atoms with Gasteiger partial charge < -0.3 is 10.2 Å². The van der Waals surface area contributed by atoms with Crippen molar-refractivity contribution in [3.05, 3.63) is 71.3 Å². The van der Waals surface area contributed by atoms with E-state index in [-0.39, 0.29) is 17.6 Å². The zero-order chi connectivity index (χ0) is 18.7. The van der Waals surface area contributed by atoms with Gasteiger partial charge >= 0.3 is 0 Å². The van der Waals surface area contributed by atoms with Crippen LogP contribution in [-0.2, 0) is 16.0 Å². The minimum atomic E-state index is -0.536.